The topological polar surface area (TPSA) is 199 Å². The average molecular weight is 541 g/mol. The maximum absolute atomic E-state index is 10.6. The van der Waals surface area contributed by atoms with Gasteiger partial charge in [-0.1, -0.05) is 24.3 Å². The molecular formula is C26H36O12. The van der Waals surface area contributed by atoms with Crippen LogP contribution in [0, 0.1) is 0 Å². The van der Waals surface area contributed by atoms with Crippen LogP contribution in [0.25, 0.3) is 11.1 Å². The Morgan fingerprint density at radius 2 is 1.53 bits per heavy atom. The highest BCUT2D eigenvalue weighted by Gasteiger charge is 2.53. The molecule has 0 saturated carbocycles. The average Bonchev–Trinajstić information content (AvgIpc) is 2.91. The Morgan fingerprint density at radius 1 is 0.974 bits per heavy atom. The number of rotatable bonds is 12. The molecule has 8 unspecified atom stereocenters. The molecule has 0 aromatic heterocycles. The fraction of sp³-hybridized carbons (Fsp3) is 0.538. The lowest BCUT2D eigenvalue weighted by atomic mass is 9.88. The van der Waals surface area contributed by atoms with Gasteiger partial charge in [-0.05, 0) is 49.2 Å². The molecule has 12 nitrogen and oxygen atoms in total. The third-order valence-corrected chi connectivity index (χ3v) is 6.47. The van der Waals surface area contributed by atoms with Crippen molar-refractivity contribution in [1.82, 2.24) is 0 Å². The van der Waals surface area contributed by atoms with Gasteiger partial charge in [-0.15, -0.1) is 0 Å². The third-order valence-electron chi connectivity index (χ3n) is 6.47. The van der Waals surface area contributed by atoms with E-state index in [4.69, 9.17) is 24.1 Å². The summed E-state index contributed by atoms with van der Waals surface area (Å²) in [6, 6.07) is 13.4. The van der Waals surface area contributed by atoms with Gasteiger partial charge in [0.1, 0.15) is 35.9 Å². The first-order valence-corrected chi connectivity index (χ1v) is 12.1. The Morgan fingerprint density at radius 3 is 2.03 bits per heavy atom. The van der Waals surface area contributed by atoms with Crippen molar-refractivity contribution in [2.45, 2.75) is 62.0 Å². The molecule has 1 aliphatic rings. The smallest absolute Gasteiger partial charge is 0.231 e. The van der Waals surface area contributed by atoms with Crippen LogP contribution in [0.4, 0.5) is 0 Å². The summed E-state index contributed by atoms with van der Waals surface area (Å²) in [5.74, 6) is 0.616. The Labute approximate surface area is 219 Å². The summed E-state index contributed by atoms with van der Waals surface area (Å²) >= 11 is 0. The minimum absolute atomic E-state index is 0.160. The van der Waals surface area contributed by atoms with E-state index in [9.17, 15) is 35.7 Å². The minimum Gasteiger partial charge on any atom is -0.462 e. The highest BCUT2D eigenvalue weighted by molar-refractivity contribution is 5.64. The molecule has 1 heterocycles. The zero-order valence-corrected chi connectivity index (χ0v) is 21.1. The normalized spacial score (nSPS) is 28.8. The number of aliphatic hydroxyl groups excluding tert-OH is 6. The quantitative estimate of drug-likeness (QED) is 0.149. The molecule has 212 valence electrons. The molecule has 1 saturated heterocycles. The molecule has 8 N–H and O–H groups in total. The van der Waals surface area contributed by atoms with Crippen LogP contribution >= 0.6 is 0 Å². The van der Waals surface area contributed by atoms with Gasteiger partial charge in [-0.2, -0.15) is 0 Å². The summed E-state index contributed by atoms with van der Waals surface area (Å²) in [6.07, 6.45) is -8.46. The number of ether oxygens (including phenoxy) is 4. The summed E-state index contributed by atoms with van der Waals surface area (Å²) < 4.78 is 22.2. The van der Waals surface area contributed by atoms with Crippen molar-refractivity contribution in [3.63, 3.8) is 0 Å². The van der Waals surface area contributed by atoms with Crippen molar-refractivity contribution >= 4 is 0 Å². The molecule has 38 heavy (non-hydrogen) atoms. The Balaban J connectivity index is 1.70. The zero-order valence-electron chi connectivity index (χ0n) is 21.1. The summed E-state index contributed by atoms with van der Waals surface area (Å²) in [5.41, 5.74) is -2.31. The largest absolute Gasteiger partial charge is 0.462 e. The second-order valence-corrected chi connectivity index (χ2v) is 9.49. The van der Waals surface area contributed by atoms with Crippen molar-refractivity contribution in [1.29, 1.82) is 0 Å². The molecule has 8 atom stereocenters. The van der Waals surface area contributed by atoms with Crippen LogP contribution in [0.15, 0.2) is 48.5 Å². The predicted octanol–water partition coefficient (Wildman–Crippen LogP) is -1.26. The van der Waals surface area contributed by atoms with Gasteiger partial charge in [-0.25, -0.2) is 0 Å². The first-order chi connectivity index (χ1) is 17.9. The minimum atomic E-state index is -1.96. The molecule has 0 aliphatic carbocycles. The van der Waals surface area contributed by atoms with E-state index in [-0.39, 0.29) is 13.2 Å². The second-order valence-electron chi connectivity index (χ2n) is 9.49. The number of hydrogen-bond acceptors (Lipinski definition) is 12. The van der Waals surface area contributed by atoms with Gasteiger partial charge in [0, 0.05) is 0 Å². The molecule has 0 bridgehead atoms. The molecule has 2 aromatic rings. The SMILES string of the molecule is CC(O)(C(O)CO)C(OCCO)Oc1ccc(-c2ccc(OC3OC(CO)C(O)C(O)C3(C)O)cc2)cc1. The molecule has 1 aliphatic heterocycles. The fourth-order valence-corrected chi connectivity index (χ4v) is 3.89. The highest BCUT2D eigenvalue weighted by Crippen LogP contribution is 2.33. The molecular weight excluding hydrogens is 504 g/mol. The van der Waals surface area contributed by atoms with E-state index in [1.807, 2.05) is 0 Å². The van der Waals surface area contributed by atoms with Crippen LogP contribution in [-0.4, -0.2) is 115 Å². The van der Waals surface area contributed by atoms with E-state index >= 15 is 0 Å². The van der Waals surface area contributed by atoms with Crippen LogP contribution in [0.5, 0.6) is 11.5 Å². The Hall–Kier alpha value is -2.36. The van der Waals surface area contributed by atoms with Gasteiger partial charge in [0.05, 0.1) is 26.4 Å². The van der Waals surface area contributed by atoms with Gasteiger partial charge >= 0.3 is 0 Å². The van der Waals surface area contributed by atoms with Crippen LogP contribution < -0.4 is 9.47 Å². The Bertz CT molecular complexity index is 941. The lowest BCUT2D eigenvalue weighted by molar-refractivity contribution is -0.314. The van der Waals surface area contributed by atoms with Gasteiger partial charge in [0.15, 0.2) is 11.2 Å². The molecule has 0 radical (unpaired) electrons. The summed E-state index contributed by atoms with van der Waals surface area (Å²) in [6.45, 7) is 0.730. The first-order valence-electron chi connectivity index (χ1n) is 12.1. The van der Waals surface area contributed by atoms with Crippen molar-refractivity contribution < 1.29 is 59.8 Å². The number of hydrogen-bond donors (Lipinski definition) is 8. The van der Waals surface area contributed by atoms with Crippen molar-refractivity contribution in [2.75, 3.05) is 26.4 Å². The van der Waals surface area contributed by atoms with E-state index in [1.165, 1.54) is 13.8 Å². The molecule has 12 heteroatoms. The lowest BCUT2D eigenvalue weighted by Crippen LogP contribution is -2.66. The molecule has 0 amide bonds. The standard InChI is InChI=1S/C26H36O12/c1-25(33,20(30)14-29)23(35-12-11-27)36-17-7-3-15(4-8-17)16-5-9-18(10-6-16)37-24-26(2,34)22(32)21(31)19(13-28)38-24/h3-10,19-24,27-34H,11-14H2,1-2H3. The van der Waals surface area contributed by atoms with Crippen molar-refractivity contribution in [3.8, 4) is 22.6 Å². The molecule has 0 spiro atoms. The predicted molar refractivity (Wildman–Crippen MR) is 132 cm³/mol. The van der Waals surface area contributed by atoms with E-state index in [1.54, 1.807) is 48.5 Å². The van der Waals surface area contributed by atoms with Crippen LogP contribution in [0.3, 0.4) is 0 Å². The van der Waals surface area contributed by atoms with Gasteiger partial charge in [0.2, 0.25) is 12.6 Å². The molecule has 2 aromatic carbocycles. The maximum atomic E-state index is 10.6. The Kier molecular flexibility index (Phi) is 10.1. The maximum Gasteiger partial charge on any atom is 0.231 e. The summed E-state index contributed by atoms with van der Waals surface area (Å²) in [5, 5.41) is 79.0. The van der Waals surface area contributed by atoms with E-state index in [2.05, 4.69) is 0 Å². The number of benzene rings is 2. The lowest BCUT2D eigenvalue weighted by Gasteiger charge is -2.45. The third kappa shape index (κ3) is 6.61. The van der Waals surface area contributed by atoms with Crippen LogP contribution in [0.2, 0.25) is 0 Å². The van der Waals surface area contributed by atoms with E-state index in [0.717, 1.165) is 11.1 Å². The van der Waals surface area contributed by atoms with Gasteiger partial charge in [0.25, 0.3) is 0 Å². The van der Waals surface area contributed by atoms with Crippen LogP contribution in [0.1, 0.15) is 13.8 Å². The van der Waals surface area contributed by atoms with Gasteiger partial charge in [-0.3, -0.25) is 0 Å². The zero-order chi connectivity index (χ0) is 28.1. The van der Waals surface area contributed by atoms with Gasteiger partial charge < -0.3 is 59.8 Å². The monoisotopic (exact) mass is 540 g/mol. The summed E-state index contributed by atoms with van der Waals surface area (Å²) in [7, 11) is 0. The van der Waals surface area contributed by atoms with E-state index < -0.39 is 61.4 Å². The molecule has 3 rings (SSSR count). The van der Waals surface area contributed by atoms with Crippen molar-refractivity contribution in [3.05, 3.63) is 48.5 Å². The van der Waals surface area contributed by atoms with E-state index in [0.29, 0.717) is 11.5 Å². The fourth-order valence-electron chi connectivity index (χ4n) is 3.89. The second kappa shape index (κ2) is 12.7. The first kappa shape index (κ1) is 30.2. The molecule has 1 fully saturated rings. The van der Waals surface area contributed by atoms with Crippen LogP contribution in [-0.2, 0) is 9.47 Å². The van der Waals surface area contributed by atoms with Crippen molar-refractivity contribution in [2.24, 2.45) is 0 Å². The summed E-state index contributed by atoms with van der Waals surface area (Å²) in [4.78, 5) is 0. The highest BCUT2D eigenvalue weighted by atomic mass is 16.7. The number of aliphatic hydroxyl groups is 8.